The van der Waals surface area contributed by atoms with E-state index in [0.29, 0.717) is 0 Å². The Balaban J connectivity index is 2.09. The van der Waals surface area contributed by atoms with Crippen molar-refractivity contribution in [1.29, 1.82) is 0 Å². The normalized spacial score (nSPS) is 10.8. The fourth-order valence-electron chi connectivity index (χ4n) is 2.18. The minimum atomic E-state index is 0.760. The predicted octanol–water partition coefficient (Wildman–Crippen LogP) is 3.70. The number of halogens is 1. The molecule has 0 amide bonds. The second kappa shape index (κ2) is 5.05. The Morgan fingerprint density at radius 1 is 1.16 bits per heavy atom. The van der Waals surface area contributed by atoms with Crippen molar-refractivity contribution in [3.8, 4) is 5.88 Å². The number of imidazole rings is 1. The van der Waals surface area contributed by atoms with E-state index in [1.807, 2.05) is 47.0 Å². The molecule has 0 aliphatic rings. The largest absolute Gasteiger partial charge is 0.482 e. The number of hydrogen-bond donors (Lipinski definition) is 0. The van der Waals surface area contributed by atoms with E-state index in [1.54, 1.807) is 7.11 Å². The third-order valence-corrected chi connectivity index (χ3v) is 3.88. The SMILES string of the molecule is COc1cccc2cnc(Cc3ccccc3Br)n12. The molecule has 0 fully saturated rings. The maximum atomic E-state index is 5.41. The van der Waals surface area contributed by atoms with Gasteiger partial charge in [-0.2, -0.15) is 0 Å². The van der Waals surface area contributed by atoms with E-state index in [0.717, 1.165) is 28.1 Å². The highest BCUT2D eigenvalue weighted by Crippen LogP contribution is 2.22. The van der Waals surface area contributed by atoms with Crippen LogP contribution in [0.1, 0.15) is 11.4 Å². The quantitative estimate of drug-likeness (QED) is 0.736. The van der Waals surface area contributed by atoms with E-state index in [9.17, 15) is 0 Å². The topological polar surface area (TPSA) is 26.5 Å². The van der Waals surface area contributed by atoms with E-state index in [4.69, 9.17) is 4.74 Å². The molecule has 2 heterocycles. The van der Waals surface area contributed by atoms with Gasteiger partial charge in [0.25, 0.3) is 0 Å². The maximum absolute atomic E-state index is 5.41. The summed E-state index contributed by atoms with van der Waals surface area (Å²) in [6.45, 7) is 0. The monoisotopic (exact) mass is 316 g/mol. The lowest BCUT2D eigenvalue weighted by Crippen LogP contribution is -2.00. The van der Waals surface area contributed by atoms with E-state index < -0.39 is 0 Å². The Kier molecular flexibility index (Phi) is 3.25. The minimum absolute atomic E-state index is 0.760. The summed E-state index contributed by atoms with van der Waals surface area (Å²) in [4.78, 5) is 4.50. The van der Waals surface area contributed by atoms with E-state index >= 15 is 0 Å². The van der Waals surface area contributed by atoms with Gasteiger partial charge in [-0.3, -0.25) is 4.40 Å². The number of methoxy groups -OCH3 is 1. The summed E-state index contributed by atoms with van der Waals surface area (Å²) >= 11 is 3.57. The predicted molar refractivity (Wildman–Crippen MR) is 78.7 cm³/mol. The van der Waals surface area contributed by atoms with Gasteiger partial charge >= 0.3 is 0 Å². The first-order valence-electron chi connectivity index (χ1n) is 6.02. The number of aromatic nitrogens is 2. The highest BCUT2D eigenvalue weighted by molar-refractivity contribution is 9.10. The number of ether oxygens (including phenoxy) is 1. The third-order valence-electron chi connectivity index (χ3n) is 3.10. The Hall–Kier alpha value is -1.81. The summed E-state index contributed by atoms with van der Waals surface area (Å²) < 4.78 is 8.55. The van der Waals surface area contributed by atoms with Crippen molar-refractivity contribution in [2.45, 2.75) is 6.42 Å². The van der Waals surface area contributed by atoms with Crippen molar-refractivity contribution >= 4 is 21.4 Å². The number of hydrogen-bond acceptors (Lipinski definition) is 2. The Morgan fingerprint density at radius 3 is 2.79 bits per heavy atom. The van der Waals surface area contributed by atoms with Gasteiger partial charge in [-0.15, -0.1) is 0 Å². The zero-order valence-electron chi connectivity index (χ0n) is 10.5. The fraction of sp³-hybridized carbons (Fsp3) is 0.133. The first kappa shape index (κ1) is 12.2. The molecule has 3 rings (SSSR count). The Morgan fingerprint density at radius 2 is 2.00 bits per heavy atom. The highest BCUT2D eigenvalue weighted by atomic mass is 79.9. The van der Waals surface area contributed by atoms with Crippen LogP contribution in [-0.4, -0.2) is 16.5 Å². The molecule has 0 unspecified atom stereocenters. The molecule has 0 aliphatic heterocycles. The fourth-order valence-corrected chi connectivity index (χ4v) is 2.60. The van der Waals surface area contributed by atoms with Crippen LogP contribution in [0.4, 0.5) is 0 Å². The van der Waals surface area contributed by atoms with Crippen LogP contribution >= 0.6 is 15.9 Å². The summed E-state index contributed by atoms with van der Waals surface area (Å²) in [5.41, 5.74) is 2.25. The van der Waals surface area contributed by atoms with Crippen LogP contribution in [0.3, 0.4) is 0 Å². The average molecular weight is 317 g/mol. The second-order valence-corrected chi connectivity index (χ2v) is 5.13. The van der Waals surface area contributed by atoms with Crippen LogP contribution in [0.5, 0.6) is 5.88 Å². The summed E-state index contributed by atoms with van der Waals surface area (Å²) in [5, 5.41) is 0. The molecule has 4 heteroatoms. The standard InChI is InChI=1S/C15H13BrN2O/c1-19-15-8-4-6-12-10-17-14(18(12)15)9-11-5-2-3-7-13(11)16/h2-8,10H,9H2,1H3. The summed E-state index contributed by atoms with van der Waals surface area (Å²) in [6, 6.07) is 14.1. The molecule has 96 valence electrons. The van der Waals surface area contributed by atoms with Crippen LogP contribution < -0.4 is 4.74 Å². The molecule has 0 spiro atoms. The van der Waals surface area contributed by atoms with E-state index in [2.05, 4.69) is 27.0 Å². The van der Waals surface area contributed by atoms with Crippen molar-refractivity contribution in [2.75, 3.05) is 7.11 Å². The van der Waals surface area contributed by atoms with Gasteiger partial charge in [0, 0.05) is 10.9 Å². The first-order valence-corrected chi connectivity index (χ1v) is 6.81. The van der Waals surface area contributed by atoms with Crippen LogP contribution in [-0.2, 0) is 6.42 Å². The molecule has 3 nitrogen and oxygen atoms in total. The van der Waals surface area contributed by atoms with Gasteiger partial charge < -0.3 is 4.74 Å². The molecule has 2 aromatic heterocycles. The molecule has 0 atom stereocenters. The molecule has 3 aromatic rings. The molecule has 0 saturated carbocycles. The van der Waals surface area contributed by atoms with Crippen molar-refractivity contribution in [3.05, 3.63) is 64.5 Å². The van der Waals surface area contributed by atoms with Crippen molar-refractivity contribution in [3.63, 3.8) is 0 Å². The van der Waals surface area contributed by atoms with Gasteiger partial charge in [-0.1, -0.05) is 40.2 Å². The van der Waals surface area contributed by atoms with Gasteiger partial charge in [0.05, 0.1) is 18.8 Å². The van der Waals surface area contributed by atoms with Crippen molar-refractivity contribution in [1.82, 2.24) is 9.38 Å². The third kappa shape index (κ3) is 2.24. The van der Waals surface area contributed by atoms with Crippen LogP contribution in [0.2, 0.25) is 0 Å². The molecule has 0 saturated heterocycles. The Bertz CT molecular complexity index is 721. The van der Waals surface area contributed by atoms with Crippen LogP contribution in [0.15, 0.2) is 53.1 Å². The summed E-state index contributed by atoms with van der Waals surface area (Å²) in [7, 11) is 1.68. The van der Waals surface area contributed by atoms with E-state index in [-0.39, 0.29) is 0 Å². The number of pyridine rings is 1. The number of rotatable bonds is 3. The summed E-state index contributed by atoms with van der Waals surface area (Å²) in [5.74, 6) is 1.77. The van der Waals surface area contributed by atoms with Gasteiger partial charge in [0.2, 0.25) is 0 Å². The van der Waals surface area contributed by atoms with Gasteiger partial charge in [-0.05, 0) is 23.8 Å². The van der Waals surface area contributed by atoms with Gasteiger partial charge in [0.15, 0.2) is 5.88 Å². The smallest absolute Gasteiger partial charge is 0.199 e. The van der Waals surface area contributed by atoms with Crippen LogP contribution in [0.25, 0.3) is 5.52 Å². The van der Waals surface area contributed by atoms with Crippen molar-refractivity contribution in [2.24, 2.45) is 0 Å². The lowest BCUT2D eigenvalue weighted by atomic mass is 10.1. The zero-order chi connectivity index (χ0) is 13.2. The molecule has 0 bridgehead atoms. The lowest BCUT2D eigenvalue weighted by molar-refractivity contribution is 0.390. The minimum Gasteiger partial charge on any atom is -0.482 e. The average Bonchev–Trinajstić information content (AvgIpc) is 2.85. The molecule has 0 radical (unpaired) electrons. The molecular weight excluding hydrogens is 304 g/mol. The van der Waals surface area contributed by atoms with Gasteiger partial charge in [-0.25, -0.2) is 4.98 Å². The first-order chi connectivity index (χ1) is 9.29. The summed E-state index contributed by atoms with van der Waals surface area (Å²) in [6.07, 6.45) is 2.63. The molecule has 1 aromatic carbocycles. The van der Waals surface area contributed by atoms with Crippen LogP contribution in [0, 0.1) is 0 Å². The van der Waals surface area contributed by atoms with Crippen molar-refractivity contribution < 1.29 is 4.74 Å². The highest BCUT2D eigenvalue weighted by Gasteiger charge is 2.10. The number of fused-ring (bicyclic) bond motifs is 1. The second-order valence-electron chi connectivity index (χ2n) is 4.27. The number of nitrogens with zero attached hydrogens (tertiary/aromatic N) is 2. The molecular formula is C15H13BrN2O. The molecule has 19 heavy (non-hydrogen) atoms. The van der Waals surface area contributed by atoms with E-state index in [1.165, 1.54) is 5.56 Å². The zero-order valence-corrected chi connectivity index (χ0v) is 12.1. The molecule has 0 N–H and O–H groups in total. The van der Waals surface area contributed by atoms with Gasteiger partial charge in [0.1, 0.15) is 5.82 Å². The molecule has 0 aliphatic carbocycles. The number of benzene rings is 1. The maximum Gasteiger partial charge on any atom is 0.199 e. The Labute approximate surface area is 120 Å². The lowest BCUT2D eigenvalue weighted by Gasteiger charge is -2.08.